The minimum absolute atomic E-state index is 0.229. The lowest BCUT2D eigenvalue weighted by molar-refractivity contribution is -0.0743. The van der Waals surface area contributed by atoms with Crippen molar-refractivity contribution in [1.29, 1.82) is 0 Å². The van der Waals surface area contributed by atoms with E-state index in [2.05, 4.69) is 5.92 Å². The fourth-order valence-corrected chi connectivity index (χ4v) is 0.837. The molecule has 12 heavy (non-hydrogen) atoms. The van der Waals surface area contributed by atoms with E-state index in [1.807, 2.05) is 18.2 Å². The first-order chi connectivity index (χ1) is 5.93. The van der Waals surface area contributed by atoms with Crippen molar-refractivity contribution in [3.8, 4) is 12.3 Å². The Morgan fingerprint density at radius 3 is 3.08 bits per heavy atom. The maximum Gasteiger partial charge on any atom is 0.219 e. The van der Waals surface area contributed by atoms with Crippen molar-refractivity contribution in [2.75, 3.05) is 6.61 Å². The molecule has 0 bridgehead atoms. The van der Waals surface area contributed by atoms with Crippen molar-refractivity contribution in [2.24, 2.45) is 0 Å². The Morgan fingerprint density at radius 1 is 1.50 bits per heavy atom. The average molecular weight is 164 g/mol. The second-order valence-corrected chi connectivity index (χ2v) is 2.40. The third-order valence-electron chi connectivity index (χ3n) is 1.42. The van der Waals surface area contributed by atoms with Crippen LogP contribution in [0, 0.1) is 12.3 Å². The minimum Gasteiger partial charge on any atom is -0.469 e. The van der Waals surface area contributed by atoms with E-state index >= 15 is 0 Å². The molecule has 1 rings (SSSR count). The SMILES string of the molecule is C#CCCCOC1C=CC=CO1. The monoisotopic (exact) mass is 164 g/mol. The van der Waals surface area contributed by atoms with Gasteiger partial charge < -0.3 is 9.47 Å². The largest absolute Gasteiger partial charge is 0.469 e. The molecule has 0 amide bonds. The summed E-state index contributed by atoms with van der Waals surface area (Å²) >= 11 is 0. The van der Waals surface area contributed by atoms with Crippen molar-refractivity contribution in [1.82, 2.24) is 0 Å². The number of allylic oxidation sites excluding steroid dienone is 2. The van der Waals surface area contributed by atoms with E-state index in [1.54, 1.807) is 6.26 Å². The second-order valence-electron chi connectivity index (χ2n) is 2.40. The van der Waals surface area contributed by atoms with E-state index in [0.29, 0.717) is 6.61 Å². The van der Waals surface area contributed by atoms with Crippen molar-refractivity contribution in [3.05, 3.63) is 24.5 Å². The summed E-state index contributed by atoms with van der Waals surface area (Å²) in [6.45, 7) is 0.646. The molecule has 0 saturated heterocycles. The van der Waals surface area contributed by atoms with Crippen LogP contribution in [0.5, 0.6) is 0 Å². The Kier molecular flexibility index (Phi) is 4.04. The van der Waals surface area contributed by atoms with E-state index in [4.69, 9.17) is 15.9 Å². The van der Waals surface area contributed by atoms with Crippen LogP contribution in [0.4, 0.5) is 0 Å². The molecule has 1 heterocycles. The third-order valence-corrected chi connectivity index (χ3v) is 1.42. The highest BCUT2D eigenvalue weighted by molar-refractivity contribution is 5.05. The van der Waals surface area contributed by atoms with E-state index in [1.165, 1.54) is 0 Å². The van der Waals surface area contributed by atoms with Crippen molar-refractivity contribution in [2.45, 2.75) is 19.1 Å². The van der Waals surface area contributed by atoms with Gasteiger partial charge in [0.1, 0.15) is 0 Å². The van der Waals surface area contributed by atoms with Crippen LogP contribution in [0.15, 0.2) is 24.5 Å². The summed E-state index contributed by atoms with van der Waals surface area (Å²) < 4.78 is 10.4. The van der Waals surface area contributed by atoms with Crippen LogP contribution in [0.3, 0.4) is 0 Å². The maximum absolute atomic E-state index is 5.33. The number of terminal acetylenes is 1. The molecule has 2 heteroatoms. The van der Waals surface area contributed by atoms with Crippen LogP contribution in [0.2, 0.25) is 0 Å². The molecule has 2 nitrogen and oxygen atoms in total. The van der Waals surface area contributed by atoms with Crippen molar-refractivity contribution >= 4 is 0 Å². The highest BCUT2D eigenvalue weighted by Gasteiger charge is 2.03. The van der Waals surface area contributed by atoms with Crippen LogP contribution >= 0.6 is 0 Å². The molecule has 0 aromatic carbocycles. The molecular formula is C10H12O2. The van der Waals surface area contributed by atoms with Gasteiger partial charge in [-0.05, 0) is 18.6 Å². The zero-order valence-corrected chi connectivity index (χ0v) is 6.90. The lowest BCUT2D eigenvalue weighted by Gasteiger charge is -2.14. The summed E-state index contributed by atoms with van der Waals surface area (Å²) in [6, 6.07) is 0. The van der Waals surface area contributed by atoms with Crippen LogP contribution in [0.25, 0.3) is 0 Å². The van der Waals surface area contributed by atoms with E-state index in [-0.39, 0.29) is 6.29 Å². The Bertz CT molecular complexity index is 210. The predicted octanol–water partition coefficient (Wildman–Crippen LogP) is 1.84. The number of ether oxygens (including phenoxy) is 2. The van der Waals surface area contributed by atoms with Crippen LogP contribution < -0.4 is 0 Å². The summed E-state index contributed by atoms with van der Waals surface area (Å²) in [6.07, 6.45) is 13.7. The molecule has 0 aliphatic carbocycles. The molecule has 0 aromatic rings. The van der Waals surface area contributed by atoms with Gasteiger partial charge in [0.2, 0.25) is 6.29 Å². The topological polar surface area (TPSA) is 18.5 Å². The van der Waals surface area contributed by atoms with Gasteiger partial charge in [-0.2, -0.15) is 0 Å². The zero-order chi connectivity index (χ0) is 8.65. The van der Waals surface area contributed by atoms with Gasteiger partial charge in [0.25, 0.3) is 0 Å². The molecule has 0 radical (unpaired) electrons. The number of unbranched alkanes of at least 4 members (excludes halogenated alkanes) is 1. The zero-order valence-electron chi connectivity index (χ0n) is 6.90. The standard InChI is InChI=1S/C10H12O2/c1-2-3-5-8-11-10-7-4-6-9-12-10/h1,4,6-7,9-10H,3,5,8H2. The summed E-state index contributed by atoms with van der Waals surface area (Å²) in [5, 5.41) is 0. The Balaban J connectivity index is 2.04. The van der Waals surface area contributed by atoms with Gasteiger partial charge in [-0.15, -0.1) is 12.3 Å². The van der Waals surface area contributed by atoms with Gasteiger partial charge in [-0.3, -0.25) is 0 Å². The molecule has 0 aromatic heterocycles. The summed E-state index contributed by atoms with van der Waals surface area (Å²) in [7, 11) is 0. The molecule has 0 spiro atoms. The summed E-state index contributed by atoms with van der Waals surface area (Å²) in [4.78, 5) is 0. The lowest BCUT2D eigenvalue weighted by atomic mass is 10.3. The van der Waals surface area contributed by atoms with Gasteiger partial charge in [0, 0.05) is 6.42 Å². The molecular weight excluding hydrogens is 152 g/mol. The lowest BCUT2D eigenvalue weighted by Crippen LogP contribution is -2.13. The molecule has 0 fully saturated rings. The number of rotatable bonds is 4. The molecule has 1 aliphatic heterocycles. The summed E-state index contributed by atoms with van der Waals surface area (Å²) in [5.41, 5.74) is 0. The van der Waals surface area contributed by atoms with Crippen molar-refractivity contribution < 1.29 is 9.47 Å². The number of hydrogen-bond acceptors (Lipinski definition) is 2. The highest BCUT2D eigenvalue weighted by Crippen LogP contribution is 2.04. The molecule has 0 saturated carbocycles. The summed E-state index contributed by atoms with van der Waals surface area (Å²) in [5.74, 6) is 2.55. The average Bonchev–Trinajstić information content (AvgIpc) is 2.14. The maximum atomic E-state index is 5.33. The smallest absolute Gasteiger partial charge is 0.219 e. The third kappa shape index (κ3) is 3.27. The van der Waals surface area contributed by atoms with Crippen LogP contribution in [0.1, 0.15) is 12.8 Å². The van der Waals surface area contributed by atoms with Gasteiger partial charge >= 0.3 is 0 Å². The van der Waals surface area contributed by atoms with E-state index < -0.39 is 0 Å². The van der Waals surface area contributed by atoms with Crippen LogP contribution in [-0.2, 0) is 9.47 Å². The first-order valence-corrected chi connectivity index (χ1v) is 3.97. The van der Waals surface area contributed by atoms with Gasteiger partial charge in [-0.25, -0.2) is 0 Å². The van der Waals surface area contributed by atoms with Crippen LogP contribution in [-0.4, -0.2) is 12.9 Å². The molecule has 1 atom stereocenters. The molecule has 1 aliphatic rings. The predicted molar refractivity (Wildman–Crippen MR) is 47.2 cm³/mol. The Morgan fingerprint density at radius 2 is 2.42 bits per heavy atom. The first-order valence-electron chi connectivity index (χ1n) is 3.97. The first kappa shape index (κ1) is 8.89. The minimum atomic E-state index is -0.229. The molecule has 0 N–H and O–H groups in total. The quantitative estimate of drug-likeness (QED) is 0.466. The van der Waals surface area contributed by atoms with Gasteiger partial charge in [0.05, 0.1) is 12.9 Å². The normalized spacial score (nSPS) is 20.1. The van der Waals surface area contributed by atoms with Gasteiger partial charge in [0.15, 0.2) is 0 Å². The van der Waals surface area contributed by atoms with E-state index in [9.17, 15) is 0 Å². The fraction of sp³-hybridized carbons (Fsp3) is 0.400. The number of hydrogen-bond donors (Lipinski definition) is 0. The fourth-order valence-electron chi connectivity index (χ4n) is 0.837. The van der Waals surface area contributed by atoms with E-state index in [0.717, 1.165) is 12.8 Å². The van der Waals surface area contributed by atoms with Gasteiger partial charge in [-0.1, -0.05) is 6.08 Å². The second kappa shape index (κ2) is 5.45. The van der Waals surface area contributed by atoms with Crippen molar-refractivity contribution in [3.63, 3.8) is 0 Å². The highest BCUT2D eigenvalue weighted by atomic mass is 16.7. The Labute approximate surface area is 72.9 Å². The molecule has 64 valence electrons. The molecule has 1 unspecified atom stereocenters. The Hall–Kier alpha value is -1.20.